The first kappa shape index (κ1) is 22.1. The van der Waals surface area contributed by atoms with Gasteiger partial charge in [-0.15, -0.1) is 24.0 Å². The zero-order chi connectivity index (χ0) is 19.9. The van der Waals surface area contributed by atoms with Crippen LogP contribution in [0.15, 0.2) is 77.9 Å². The summed E-state index contributed by atoms with van der Waals surface area (Å²) in [7, 11) is 1.78. The lowest BCUT2D eigenvalue weighted by Gasteiger charge is -2.19. The van der Waals surface area contributed by atoms with E-state index in [1.165, 1.54) is 22.4 Å². The van der Waals surface area contributed by atoms with Gasteiger partial charge in [-0.25, -0.2) is 0 Å². The first-order valence-corrected chi connectivity index (χ1v) is 10.1. The van der Waals surface area contributed by atoms with E-state index in [2.05, 4.69) is 74.0 Å². The molecule has 30 heavy (non-hydrogen) atoms. The molecular weight excluding hydrogens is 485 g/mol. The number of para-hydroxylation sites is 1. The van der Waals surface area contributed by atoms with Gasteiger partial charge in [-0.1, -0.05) is 48.5 Å². The number of hydrogen-bond acceptors (Lipinski definition) is 3. The number of nitrogens with zero attached hydrogens (tertiary/aromatic N) is 3. The van der Waals surface area contributed by atoms with Gasteiger partial charge in [0.2, 0.25) is 0 Å². The van der Waals surface area contributed by atoms with Crippen LogP contribution in [0.2, 0.25) is 0 Å². The summed E-state index contributed by atoms with van der Waals surface area (Å²) in [4.78, 5) is 11.1. The van der Waals surface area contributed by atoms with E-state index in [4.69, 9.17) is 0 Å². The van der Waals surface area contributed by atoms with Gasteiger partial charge in [0.05, 0.1) is 12.2 Å². The summed E-state index contributed by atoms with van der Waals surface area (Å²) in [5.74, 6) is 0.772. The van der Waals surface area contributed by atoms with E-state index in [9.17, 15) is 0 Å². The summed E-state index contributed by atoms with van der Waals surface area (Å²) in [6.45, 7) is 3.43. The molecule has 0 bridgehead atoms. The van der Waals surface area contributed by atoms with Crippen molar-refractivity contribution in [1.29, 1.82) is 0 Å². The molecule has 6 heteroatoms. The summed E-state index contributed by atoms with van der Waals surface area (Å²) in [5.41, 5.74) is 6.39. The predicted molar refractivity (Wildman–Crippen MR) is 134 cm³/mol. The molecule has 1 aromatic heterocycles. The van der Waals surface area contributed by atoms with Crippen LogP contribution in [0, 0.1) is 0 Å². The molecule has 1 aliphatic heterocycles. The molecule has 3 aromatic rings. The highest BCUT2D eigenvalue weighted by molar-refractivity contribution is 14.0. The van der Waals surface area contributed by atoms with E-state index in [0.29, 0.717) is 6.54 Å². The Labute approximate surface area is 195 Å². The molecule has 0 amide bonds. The maximum atomic E-state index is 4.32. The smallest absolute Gasteiger partial charge is 0.191 e. The quantitative estimate of drug-likeness (QED) is 0.296. The summed E-state index contributed by atoms with van der Waals surface area (Å²) < 4.78 is 0. The van der Waals surface area contributed by atoms with E-state index in [1.807, 2.05) is 18.2 Å². The molecule has 0 atom stereocenters. The van der Waals surface area contributed by atoms with Crippen molar-refractivity contribution in [3.05, 3.63) is 95.3 Å². The van der Waals surface area contributed by atoms with Gasteiger partial charge in [-0.05, 0) is 41.3 Å². The molecule has 0 radical (unpaired) electrons. The number of aliphatic imine (C=N–C) groups is 1. The van der Waals surface area contributed by atoms with Crippen molar-refractivity contribution in [2.75, 3.05) is 18.5 Å². The molecule has 4 rings (SSSR count). The maximum Gasteiger partial charge on any atom is 0.191 e. The first-order chi connectivity index (χ1) is 14.3. The average Bonchev–Trinajstić information content (AvgIpc) is 3.18. The topological polar surface area (TPSA) is 52.6 Å². The van der Waals surface area contributed by atoms with Crippen LogP contribution in [-0.4, -0.2) is 24.5 Å². The fourth-order valence-electron chi connectivity index (χ4n) is 3.64. The highest BCUT2D eigenvalue weighted by atomic mass is 127. The van der Waals surface area contributed by atoms with Crippen molar-refractivity contribution in [3.8, 4) is 0 Å². The largest absolute Gasteiger partial charge is 0.367 e. The third-order valence-corrected chi connectivity index (χ3v) is 5.23. The second-order valence-electron chi connectivity index (χ2n) is 7.22. The van der Waals surface area contributed by atoms with Gasteiger partial charge in [-0.3, -0.25) is 9.98 Å². The third-order valence-electron chi connectivity index (χ3n) is 5.23. The van der Waals surface area contributed by atoms with E-state index < -0.39 is 0 Å². The van der Waals surface area contributed by atoms with Crippen LogP contribution in [0.5, 0.6) is 0 Å². The Kier molecular flexibility index (Phi) is 8.07. The molecule has 1 aliphatic rings. The van der Waals surface area contributed by atoms with Gasteiger partial charge in [0, 0.05) is 38.6 Å². The molecule has 2 N–H and O–H groups in total. The Balaban J connectivity index is 0.00000256. The van der Waals surface area contributed by atoms with Gasteiger partial charge >= 0.3 is 0 Å². The standard InChI is InChI=1S/C24H27N5.HI/c1-25-24(28-17-22-7-4-5-14-26-22)27-16-19-9-11-20(12-10-19)18-29-15-13-21-6-2-3-8-23(21)29;/h2-12,14H,13,15-18H2,1H3,(H2,25,27,28);1H. The van der Waals surface area contributed by atoms with Crippen molar-refractivity contribution in [2.45, 2.75) is 26.1 Å². The lowest BCUT2D eigenvalue weighted by Crippen LogP contribution is -2.36. The minimum Gasteiger partial charge on any atom is -0.367 e. The molecule has 2 heterocycles. The summed E-state index contributed by atoms with van der Waals surface area (Å²) in [6, 6.07) is 23.5. The molecule has 0 fully saturated rings. The van der Waals surface area contributed by atoms with Gasteiger partial charge in [0.25, 0.3) is 0 Å². The predicted octanol–water partition coefficient (Wildman–Crippen LogP) is 4.13. The van der Waals surface area contributed by atoms with Crippen molar-refractivity contribution in [2.24, 2.45) is 4.99 Å². The fourth-order valence-corrected chi connectivity index (χ4v) is 3.64. The van der Waals surface area contributed by atoms with E-state index >= 15 is 0 Å². The number of anilines is 1. The van der Waals surface area contributed by atoms with Crippen molar-refractivity contribution in [3.63, 3.8) is 0 Å². The number of pyridine rings is 1. The molecule has 0 spiro atoms. The number of hydrogen-bond donors (Lipinski definition) is 2. The number of guanidine groups is 1. The lowest BCUT2D eigenvalue weighted by atomic mass is 10.1. The van der Waals surface area contributed by atoms with Crippen LogP contribution < -0.4 is 15.5 Å². The second kappa shape index (κ2) is 11.0. The number of halogens is 1. The Bertz CT molecular complexity index is 957. The average molecular weight is 513 g/mol. The van der Waals surface area contributed by atoms with Crippen LogP contribution in [0.3, 0.4) is 0 Å². The lowest BCUT2D eigenvalue weighted by molar-refractivity contribution is 0.793. The zero-order valence-electron chi connectivity index (χ0n) is 17.2. The first-order valence-electron chi connectivity index (χ1n) is 10.1. The second-order valence-corrected chi connectivity index (χ2v) is 7.22. The van der Waals surface area contributed by atoms with E-state index in [-0.39, 0.29) is 24.0 Å². The maximum absolute atomic E-state index is 4.32. The number of benzene rings is 2. The van der Waals surface area contributed by atoms with Crippen LogP contribution in [0.4, 0.5) is 5.69 Å². The van der Waals surface area contributed by atoms with Gasteiger partial charge in [0.1, 0.15) is 0 Å². The molecule has 0 aliphatic carbocycles. The highest BCUT2D eigenvalue weighted by Crippen LogP contribution is 2.28. The SMILES string of the molecule is CN=C(NCc1ccc(CN2CCc3ccccc32)cc1)NCc1ccccn1.I. The number of rotatable bonds is 6. The van der Waals surface area contributed by atoms with E-state index in [0.717, 1.165) is 37.7 Å². The summed E-state index contributed by atoms with van der Waals surface area (Å²) >= 11 is 0. The zero-order valence-corrected chi connectivity index (χ0v) is 19.5. The normalized spacial score (nSPS) is 12.8. The Morgan fingerprint density at radius 1 is 0.933 bits per heavy atom. The summed E-state index contributed by atoms with van der Waals surface area (Å²) in [6.07, 6.45) is 2.94. The Morgan fingerprint density at radius 3 is 2.43 bits per heavy atom. The van der Waals surface area contributed by atoms with E-state index in [1.54, 1.807) is 13.2 Å². The van der Waals surface area contributed by atoms with Crippen molar-refractivity contribution >= 4 is 35.6 Å². The van der Waals surface area contributed by atoms with Crippen LogP contribution >= 0.6 is 24.0 Å². The monoisotopic (exact) mass is 513 g/mol. The van der Waals surface area contributed by atoms with Crippen LogP contribution in [-0.2, 0) is 26.1 Å². The molecule has 0 unspecified atom stereocenters. The number of aromatic nitrogens is 1. The van der Waals surface area contributed by atoms with Gasteiger partial charge in [0.15, 0.2) is 5.96 Å². The number of fused-ring (bicyclic) bond motifs is 1. The third kappa shape index (κ3) is 5.72. The fraction of sp³-hybridized carbons (Fsp3) is 0.250. The van der Waals surface area contributed by atoms with Crippen LogP contribution in [0.25, 0.3) is 0 Å². The Hall–Kier alpha value is -2.61. The van der Waals surface area contributed by atoms with Gasteiger partial charge < -0.3 is 15.5 Å². The van der Waals surface area contributed by atoms with Crippen molar-refractivity contribution in [1.82, 2.24) is 15.6 Å². The molecule has 0 saturated heterocycles. The molecule has 0 saturated carbocycles. The molecule has 156 valence electrons. The minimum absolute atomic E-state index is 0. The molecule has 2 aromatic carbocycles. The minimum atomic E-state index is 0. The van der Waals surface area contributed by atoms with Crippen LogP contribution in [0.1, 0.15) is 22.4 Å². The van der Waals surface area contributed by atoms with Crippen molar-refractivity contribution < 1.29 is 0 Å². The molecular formula is C24H28IN5. The Morgan fingerprint density at radius 2 is 1.67 bits per heavy atom. The van der Waals surface area contributed by atoms with Gasteiger partial charge in [-0.2, -0.15) is 0 Å². The molecule has 5 nitrogen and oxygen atoms in total. The highest BCUT2D eigenvalue weighted by Gasteiger charge is 2.18. The summed E-state index contributed by atoms with van der Waals surface area (Å²) in [5, 5.41) is 6.66. The number of nitrogens with one attached hydrogen (secondary N) is 2.